The normalized spacial score (nSPS) is 27.6. The maximum absolute atomic E-state index is 11.6. The molecule has 5 heteroatoms. The lowest BCUT2D eigenvalue weighted by Gasteiger charge is -2.31. The molecule has 1 N–H and O–H groups in total. The Morgan fingerprint density at radius 2 is 2.29 bits per heavy atom. The summed E-state index contributed by atoms with van der Waals surface area (Å²) in [6.07, 6.45) is 1.39. The summed E-state index contributed by atoms with van der Waals surface area (Å²) in [5.41, 5.74) is 0.943. The number of hydrogen-bond donors (Lipinski definition) is 1. The van der Waals surface area contributed by atoms with Gasteiger partial charge in [-0.1, -0.05) is 11.6 Å². The van der Waals surface area contributed by atoms with Gasteiger partial charge in [0.2, 0.25) is 5.91 Å². The number of halogens is 1. The van der Waals surface area contributed by atoms with Gasteiger partial charge in [0.1, 0.15) is 5.16 Å². The van der Waals surface area contributed by atoms with E-state index < -0.39 is 0 Å². The minimum absolute atomic E-state index is 0.0856. The molecule has 0 radical (unpaired) electrons. The Hall–Kier alpha value is -0.900. The SMILES string of the molecule is CC1=C(Cl)N2CCCC(=O)N(C)C2N1. The molecule has 4 nitrogen and oxygen atoms in total. The lowest BCUT2D eigenvalue weighted by Crippen LogP contribution is -2.50. The number of rotatable bonds is 0. The second-order valence-electron chi connectivity index (χ2n) is 3.74. The number of nitrogens with zero attached hydrogens (tertiary/aromatic N) is 2. The molecule has 0 aromatic carbocycles. The highest BCUT2D eigenvalue weighted by molar-refractivity contribution is 6.29. The van der Waals surface area contributed by atoms with Crippen LogP contribution in [0.25, 0.3) is 0 Å². The smallest absolute Gasteiger partial charge is 0.225 e. The maximum Gasteiger partial charge on any atom is 0.225 e. The van der Waals surface area contributed by atoms with Crippen molar-refractivity contribution in [3.63, 3.8) is 0 Å². The predicted octanol–water partition coefficient (Wildman–Crippen LogP) is 0.855. The Bertz CT molecular complexity index is 302. The van der Waals surface area contributed by atoms with Gasteiger partial charge >= 0.3 is 0 Å². The van der Waals surface area contributed by atoms with Crippen LogP contribution in [-0.4, -0.2) is 35.6 Å². The Morgan fingerprint density at radius 3 is 3.00 bits per heavy atom. The van der Waals surface area contributed by atoms with Crippen molar-refractivity contribution in [3.05, 3.63) is 10.9 Å². The number of fused-ring (bicyclic) bond motifs is 1. The molecule has 0 saturated carbocycles. The fourth-order valence-electron chi connectivity index (χ4n) is 1.89. The van der Waals surface area contributed by atoms with Crippen LogP contribution in [0.2, 0.25) is 0 Å². The van der Waals surface area contributed by atoms with E-state index in [4.69, 9.17) is 11.6 Å². The Balaban J connectivity index is 2.25. The Kier molecular flexibility index (Phi) is 2.31. The highest BCUT2D eigenvalue weighted by Gasteiger charge is 2.35. The quantitative estimate of drug-likeness (QED) is 0.609. The van der Waals surface area contributed by atoms with E-state index in [0.717, 1.165) is 23.8 Å². The second kappa shape index (κ2) is 3.35. The molecule has 0 aliphatic carbocycles. The average Bonchev–Trinajstić information content (AvgIpc) is 2.35. The molecule has 1 saturated heterocycles. The first kappa shape index (κ1) is 9.65. The maximum atomic E-state index is 11.6. The third-order valence-electron chi connectivity index (χ3n) is 2.75. The van der Waals surface area contributed by atoms with Gasteiger partial charge in [0.25, 0.3) is 0 Å². The van der Waals surface area contributed by atoms with Crippen LogP contribution in [0.4, 0.5) is 0 Å². The van der Waals surface area contributed by atoms with E-state index in [9.17, 15) is 4.79 Å². The number of allylic oxidation sites excluding steroid dienone is 1. The van der Waals surface area contributed by atoms with Gasteiger partial charge in [-0.15, -0.1) is 0 Å². The molecule has 0 spiro atoms. The van der Waals surface area contributed by atoms with Gasteiger partial charge < -0.3 is 15.1 Å². The van der Waals surface area contributed by atoms with Crippen LogP contribution in [-0.2, 0) is 4.79 Å². The standard InChI is InChI=1S/C9H14ClN3O/c1-6-8(10)13-5-3-4-7(14)12(2)9(13)11-6/h9,11H,3-5H2,1-2H3. The van der Waals surface area contributed by atoms with Gasteiger partial charge in [-0.2, -0.15) is 0 Å². The zero-order valence-corrected chi connectivity index (χ0v) is 9.14. The van der Waals surface area contributed by atoms with Crippen LogP contribution in [0, 0.1) is 0 Å². The van der Waals surface area contributed by atoms with Gasteiger partial charge in [-0.05, 0) is 13.3 Å². The number of amides is 1. The monoisotopic (exact) mass is 215 g/mol. The molecule has 2 aliphatic heterocycles. The second-order valence-corrected chi connectivity index (χ2v) is 4.09. The fraction of sp³-hybridized carbons (Fsp3) is 0.667. The molecule has 1 atom stereocenters. The minimum Gasteiger partial charge on any atom is -0.349 e. The fourth-order valence-corrected chi connectivity index (χ4v) is 2.13. The topological polar surface area (TPSA) is 35.6 Å². The van der Waals surface area contributed by atoms with Crippen LogP contribution >= 0.6 is 11.6 Å². The van der Waals surface area contributed by atoms with E-state index in [1.165, 1.54) is 0 Å². The summed E-state index contributed by atoms with van der Waals surface area (Å²) in [6, 6.07) is 0. The molecule has 0 aromatic heterocycles. The molecule has 0 aromatic rings. The number of nitrogens with one attached hydrogen (secondary N) is 1. The van der Waals surface area contributed by atoms with Crippen LogP contribution < -0.4 is 5.32 Å². The van der Waals surface area contributed by atoms with Gasteiger partial charge in [-0.3, -0.25) is 4.79 Å². The molecule has 0 bridgehead atoms. The highest BCUT2D eigenvalue weighted by atomic mass is 35.5. The minimum atomic E-state index is -0.0856. The molecule has 2 aliphatic rings. The van der Waals surface area contributed by atoms with Gasteiger partial charge in [0.15, 0.2) is 6.29 Å². The lowest BCUT2D eigenvalue weighted by atomic mass is 10.3. The van der Waals surface area contributed by atoms with Crippen molar-refractivity contribution >= 4 is 17.5 Å². The summed E-state index contributed by atoms with van der Waals surface area (Å²) < 4.78 is 0. The predicted molar refractivity (Wildman–Crippen MR) is 54.2 cm³/mol. The molecule has 2 rings (SSSR count). The van der Waals surface area contributed by atoms with Crippen molar-refractivity contribution in [2.24, 2.45) is 0 Å². The van der Waals surface area contributed by atoms with E-state index in [0.29, 0.717) is 6.42 Å². The summed E-state index contributed by atoms with van der Waals surface area (Å²) in [4.78, 5) is 15.3. The molecule has 2 heterocycles. The van der Waals surface area contributed by atoms with Crippen LogP contribution in [0.15, 0.2) is 10.9 Å². The molecule has 14 heavy (non-hydrogen) atoms. The van der Waals surface area contributed by atoms with Crippen molar-refractivity contribution in [1.82, 2.24) is 15.1 Å². The van der Waals surface area contributed by atoms with Gasteiger partial charge in [0.05, 0.1) is 0 Å². The van der Waals surface area contributed by atoms with Crippen molar-refractivity contribution < 1.29 is 4.79 Å². The molecule has 1 amide bonds. The summed E-state index contributed by atoms with van der Waals surface area (Å²) in [6.45, 7) is 2.76. The molecule has 1 fully saturated rings. The van der Waals surface area contributed by atoms with Crippen LogP contribution in [0.5, 0.6) is 0 Å². The Morgan fingerprint density at radius 1 is 1.57 bits per heavy atom. The molecular weight excluding hydrogens is 202 g/mol. The van der Waals surface area contributed by atoms with Gasteiger partial charge in [-0.25, -0.2) is 0 Å². The number of carbonyl (C=O) groups excluding carboxylic acids is 1. The van der Waals surface area contributed by atoms with E-state index in [1.54, 1.807) is 11.9 Å². The highest BCUT2D eigenvalue weighted by Crippen LogP contribution is 2.27. The molecule has 1 unspecified atom stereocenters. The van der Waals surface area contributed by atoms with Crippen molar-refractivity contribution in [3.8, 4) is 0 Å². The van der Waals surface area contributed by atoms with Gasteiger partial charge in [0, 0.05) is 25.7 Å². The summed E-state index contributed by atoms with van der Waals surface area (Å²) >= 11 is 6.13. The van der Waals surface area contributed by atoms with E-state index in [1.807, 2.05) is 11.8 Å². The summed E-state index contributed by atoms with van der Waals surface area (Å²) in [5, 5.41) is 3.94. The Labute approximate surface area is 88.5 Å². The third kappa shape index (κ3) is 1.34. The van der Waals surface area contributed by atoms with E-state index >= 15 is 0 Å². The van der Waals surface area contributed by atoms with Crippen LogP contribution in [0.3, 0.4) is 0 Å². The first-order valence-corrected chi connectivity index (χ1v) is 5.14. The zero-order chi connectivity index (χ0) is 10.3. The number of carbonyl (C=O) groups is 1. The molecular formula is C9H14ClN3O. The third-order valence-corrected chi connectivity index (χ3v) is 3.25. The van der Waals surface area contributed by atoms with E-state index in [-0.39, 0.29) is 12.2 Å². The van der Waals surface area contributed by atoms with E-state index in [2.05, 4.69) is 5.32 Å². The zero-order valence-electron chi connectivity index (χ0n) is 8.38. The average molecular weight is 216 g/mol. The first-order chi connectivity index (χ1) is 6.61. The van der Waals surface area contributed by atoms with Crippen molar-refractivity contribution in [1.29, 1.82) is 0 Å². The number of hydrogen-bond acceptors (Lipinski definition) is 3. The first-order valence-electron chi connectivity index (χ1n) is 4.76. The van der Waals surface area contributed by atoms with Crippen molar-refractivity contribution in [2.75, 3.05) is 13.6 Å². The summed E-state index contributed by atoms with van der Waals surface area (Å²) in [5.74, 6) is 0.171. The largest absolute Gasteiger partial charge is 0.349 e. The van der Waals surface area contributed by atoms with Crippen LogP contribution in [0.1, 0.15) is 19.8 Å². The van der Waals surface area contributed by atoms with Crippen molar-refractivity contribution in [2.45, 2.75) is 26.1 Å². The summed E-state index contributed by atoms with van der Waals surface area (Å²) in [7, 11) is 1.81. The lowest BCUT2D eigenvalue weighted by molar-refractivity contribution is -0.133. The molecule has 78 valence electrons.